The van der Waals surface area contributed by atoms with Crippen molar-refractivity contribution in [3.63, 3.8) is 0 Å². The minimum atomic E-state index is -0.680. The van der Waals surface area contributed by atoms with E-state index in [1.54, 1.807) is 0 Å². The zero-order valence-corrected chi connectivity index (χ0v) is 12.4. The van der Waals surface area contributed by atoms with Crippen LogP contribution in [0.2, 0.25) is 0 Å². The number of carboxylic acids is 1. The highest BCUT2D eigenvalue weighted by atomic mass is 16.4. The fourth-order valence-electron chi connectivity index (χ4n) is 2.11. The summed E-state index contributed by atoms with van der Waals surface area (Å²) in [4.78, 5) is 10.4. The SMILES string of the molecule is CCCCC(CC)CNCCC(C)CCC(=O)O. The summed E-state index contributed by atoms with van der Waals surface area (Å²) in [6.07, 6.45) is 7.37. The van der Waals surface area contributed by atoms with Crippen LogP contribution in [0.25, 0.3) is 0 Å². The molecule has 2 atom stereocenters. The summed E-state index contributed by atoms with van der Waals surface area (Å²) in [5, 5.41) is 12.1. The van der Waals surface area contributed by atoms with E-state index in [-0.39, 0.29) is 0 Å². The fraction of sp³-hybridized carbons (Fsp3) is 0.933. The monoisotopic (exact) mass is 257 g/mol. The third-order valence-corrected chi connectivity index (χ3v) is 3.64. The van der Waals surface area contributed by atoms with Gasteiger partial charge in [0.25, 0.3) is 0 Å². The van der Waals surface area contributed by atoms with E-state index in [9.17, 15) is 4.79 Å². The van der Waals surface area contributed by atoms with Gasteiger partial charge in [0.05, 0.1) is 0 Å². The molecule has 0 aromatic heterocycles. The second kappa shape index (κ2) is 11.5. The van der Waals surface area contributed by atoms with Crippen LogP contribution in [-0.2, 0) is 4.79 Å². The lowest BCUT2D eigenvalue weighted by atomic mass is 9.98. The number of hydrogen-bond donors (Lipinski definition) is 2. The van der Waals surface area contributed by atoms with Gasteiger partial charge < -0.3 is 10.4 Å². The number of aliphatic carboxylic acids is 1. The molecule has 0 fully saturated rings. The molecule has 0 radical (unpaired) electrons. The molecule has 0 saturated carbocycles. The van der Waals surface area contributed by atoms with E-state index in [0.29, 0.717) is 12.3 Å². The van der Waals surface area contributed by atoms with Crippen molar-refractivity contribution in [2.24, 2.45) is 11.8 Å². The maximum Gasteiger partial charge on any atom is 0.303 e. The van der Waals surface area contributed by atoms with Gasteiger partial charge in [-0.3, -0.25) is 4.79 Å². The molecule has 0 spiro atoms. The van der Waals surface area contributed by atoms with Gasteiger partial charge in [-0.05, 0) is 44.2 Å². The van der Waals surface area contributed by atoms with E-state index >= 15 is 0 Å². The summed E-state index contributed by atoms with van der Waals surface area (Å²) < 4.78 is 0. The van der Waals surface area contributed by atoms with Crippen molar-refractivity contribution in [2.45, 2.75) is 65.7 Å². The van der Waals surface area contributed by atoms with Crippen LogP contribution in [-0.4, -0.2) is 24.2 Å². The van der Waals surface area contributed by atoms with Gasteiger partial charge in [0.1, 0.15) is 0 Å². The first-order chi connectivity index (χ1) is 8.60. The molecule has 0 amide bonds. The lowest BCUT2D eigenvalue weighted by molar-refractivity contribution is -0.137. The minimum absolute atomic E-state index is 0.301. The first-order valence-corrected chi connectivity index (χ1v) is 7.52. The van der Waals surface area contributed by atoms with E-state index in [4.69, 9.17) is 5.11 Å². The van der Waals surface area contributed by atoms with Crippen LogP contribution in [0.4, 0.5) is 0 Å². The Kier molecular flexibility index (Phi) is 11.2. The van der Waals surface area contributed by atoms with Gasteiger partial charge in [-0.15, -0.1) is 0 Å². The van der Waals surface area contributed by atoms with Crippen molar-refractivity contribution < 1.29 is 9.90 Å². The van der Waals surface area contributed by atoms with Crippen LogP contribution in [0.1, 0.15) is 65.7 Å². The predicted molar refractivity (Wildman–Crippen MR) is 76.8 cm³/mol. The van der Waals surface area contributed by atoms with Crippen molar-refractivity contribution in [1.29, 1.82) is 0 Å². The molecule has 3 heteroatoms. The molecule has 0 aromatic carbocycles. The van der Waals surface area contributed by atoms with Crippen molar-refractivity contribution in [2.75, 3.05) is 13.1 Å². The molecule has 0 heterocycles. The van der Waals surface area contributed by atoms with E-state index in [1.165, 1.54) is 25.7 Å². The number of rotatable bonds is 12. The Labute approximate surface area is 112 Å². The smallest absolute Gasteiger partial charge is 0.303 e. The normalized spacial score (nSPS) is 14.4. The quantitative estimate of drug-likeness (QED) is 0.524. The average Bonchev–Trinajstić information content (AvgIpc) is 2.35. The van der Waals surface area contributed by atoms with Crippen LogP contribution in [0, 0.1) is 11.8 Å². The molecular formula is C15H31NO2. The number of nitrogens with one attached hydrogen (secondary N) is 1. The highest BCUT2D eigenvalue weighted by molar-refractivity contribution is 5.66. The number of unbranched alkanes of at least 4 members (excludes halogenated alkanes) is 1. The molecule has 0 aliphatic heterocycles. The lowest BCUT2D eigenvalue weighted by Gasteiger charge is -2.16. The summed E-state index contributed by atoms with van der Waals surface area (Å²) in [5.41, 5.74) is 0. The third-order valence-electron chi connectivity index (χ3n) is 3.64. The Balaban J connectivity index is 3.49. The molecule has 0 aromatic rings. The maximum atomic E-state index is 10.4. The zero-order valence-electron chi connectivity index (χ0n) is 12.4. The van der Waals surface area contributed by atoms with Gasteiger partial charge in [-0.1, -0.05) is 40.0 Å². The van der Waals surface area contributed by atoms with Gasteiger partial charge in [0.2, 0.25) is 0 Å². The van der Waals surface area contributed by atoms with Gasteiger partial charge in [0.15, 0.2) is 0 Å². The van der Waals surface area contributed by atoms with Gasteiger partial charge >= 0.3 is 5.97 Å². The maximum absolute atomic E-state index is 10.4. The second-order valence-electron chi connectivity index (χ2n) is 5.45. The van der Waals surface area contributed by atoms with Crippen molar-refractivity contribution in [3.05, 3.63) is 0 Å². The van der Waals surface area contributed by atoms with Crippen molar-refractivity contribution >= 4 is 5.97 Å². The summed E-state index contributed by atoms with van der Waals surface area (Å²) in [7, 11) is 0. The Morgan fingerprint density at radius 3 is 2.50 bits per heavy atom. The second-order valence-corrected chi connectivity index (χ2v) is 5.45. The molecule has 2 unspecified atom stereocenters. The zero-order chi connectivity index (χ0) is 13.8. The molecule has 0 aliphatic carbocycles. The third kappa shape index (κ3) is 10.6. The van der Waals surface area contributed by atoms with E-state index in [2.05, 4.69) is 26.1 Å². The Bertz CT molecular complexity index is 207. The lowest BCUT2D eigenvalue weighted by Crippen LogP contribution is -2.24. The molecule has 3 nitrogen and oxygen atoms in total. The summed E-state index contributed by atoms with van der Waals surface area (Å²) in [6, 6.07) is 0. The number of carboxylic acid groups (broad SMARTS) is 1. The highest BCUT2D eigenvalue weighted by Crippen LogP contribution is 2.12. The summed E-state index contributed by atoms with van der Waals surface area (Å²) in [6.45, 7) is 8.77. The first-order valence-electron chi connectivity index (χ1n) is 7.52. The molecule has 18 heavy (non-hydrogen) atoms. The van der Waals surface area contributed by atoms with E-state index < -0.39 is 5.97 Å². The highest BCUT2D eigenvalue weighted by Gasteiger charge is 2.07. The first kappa shape index (κ1) is 17.4. The Hall–Kier alpha value is -0.570. The Morgan fingerprint density at radius 2 is 1.94 bits per heavy atom. The standard InChI is InChI=1S/C15H31NO2/c1-4-6-7-14(5-2)12-16-11-10-13(3)8-9-15(17)18/h13-14,16H,4-12H2,1-3H3,(H,17,18). The summed E-state index contributed by atoms with van der Waals surface area (Å²) >= 11 is 0. The minimum Gasteiger partial charge on any atom is -0.481 e. The van der Waals surface area contributed by atoms with E-state index in [1.807, 2.05) is 0 Å². The van der Waals surface area contributed by atoms with Gasteiger partial charge in [-0.25, -0.2) is 0 Å². The van der Waals surface area contributed by atoms with Crippen LogP contribution >= 0.6 is 0 Å². The van der Waals surface area contributed by atoms with Gasteiger partial charge in [0, 0.05) is 6.42 Å². The molecule has 2 N–H and O–H groups in total. The van der Waals surface area contributed by atoms with Crippen LogP contribution < -0.4 is 5.32 Å². The largest absolute Gasteiger partial charge is 0.481 e. The fourth-order valence-corrected chi connectivity index (χ4v) is 2.11. The molecule has 0 bridgehead atoms. The van der Waals surface area contributed by atoms with Crippen LogP contribution in [0.5, 0.6) is 0 Å². The predicted octanol–water partition coefficient (Wildman–Crippen LogP) is 3.68. The molecule has 0 rings (SSSR count). The molecule has 0 saturated heterocycles. The topological polar surface area (TPSA) is 49.3 Å². The van der Waals surface area contributed by atoms with Crippen LogP contribution in [0.15, 0.2) is 0 Å². The van der Waals surface area contributed by atoms with Gasteiger partial charge in [-0.2, -0.15) is 0 Å². The Morgan fingerprint density at radius 1 is 1.22 bits per heavy atom. The number of carbonyl (C=O) groups is 1. The van der Waals surface area contributed by atoms with Crippen LogP contribution in [0.3, 0.4) is 0 Å². The van der Waals surface area contributed by atoms with Crippen molar-refractivity contribution in [1.82, 2.24) is 5.32 Å². The summed E-state index contributed by atoms with van der Waals surface area (Å²) in [5.74, 6) is 0.629. The number of hydrogen-bond acceptors (Lipinski definition) is 2. The average molecular weight is 257 g/mol. The molecular weight excluding hydrogens is 226 g/mol. The van der Waals surface area contributed by atoms with Crippen molar-refractivity contribution in [3.8, 4) is 0 Å². The van der Waals surface area contributed by atoms with E-state index in [0.717, 1.165) is 31.8 Å². The molecule has 108 valence electrons. The molecule has 0 aliphatic rings.